The van der Waals surface area contributed by atoms with Crippen LogP contribution in [0.25, 0.3) is 0 Å². The third kappa shape index (κ3) is 49.2. The lowest BCUT2D eigenvalue weighted by atomic mass is 10.0. The molecule has 0 saturated heterocycles. The Morgan fingerprint density at radius 2 is 0.844 bits per heavy atom. The average molecular weight is 928 g/mol. The molecule has 8 nitrogen and oxygen atoms in total. The number of rotatable bonds is 52. The number of phosphoric acid groups is 1. The van der Waals surface area contributed by atoms with E-state index in [1.807, 2.05) is 21.1 Å². The Balaban J connectivity index is 4.00. The summed E-state index contributed by atoms with van der Waals surface area (Å²) in [6.07, 6.45) is 57.1. The number of quaternary nitrogens is 1. The lowest BCUT2D eigenvalue weighted by Gasteiger charge is -2.26. The van der Waals surface area contributed by atoms with Crippen LogP contribution >= 0.6 is 7.82 Å². The second-order valence-electron chi connectivity index (χ2n) is 20.7. The van der Waals surface area contributed by atoms with Gasteiger partial charge in [0.15, 0.2) is 0 Å². The summed E-state index contributed by atoms with van der Waals surface area (Å²) in [6, 6.07) is -0.761. The van der Waals surface area contributed by atoms with E-state index in [2.05, 4.69) is 31.3 Å². The number of carbonyl (C=O) groups is 1. The van der Waals surface area contributed by atoms with Crippen LogP contribution in [0.1, 0.15) is 284 Å². The molecule has 0 rings (SSSR count). The van der Waals surface area contributed by atoms with E-state index in [4.69, 9.17) is 9.05 Å². The van der Waals surface area contributed by atoms with Gasteiger partial charge in [0.1, 0.15) is 13.2 Å². The number of phosphoric ester groups is 1. The summed E-state index contributed by atoms with van der Waals surface area (Å²) < 4.78 is 23.7. The number of nitrogens with zero attached hydrogens (tertiary/aromatic N) is 1. The van der Waals surface area contributed by atoms with Gasteiger partial charge in [0.05, 0.1) is 39.9 Å². The monoisotopic (exact) mass is 928 g/mol. The zero-order valence-electron chi connectivity index (χ0n) is 43.6. The van der Waals surface area contributed by atoms with Crippen molar-refractivity contribution in [3.8, 4) is 0 Å². The van der Waals surface area contributed by atoms with Gasteiger partial charge in [-0.2, -0.15) is 0 Å². The normalized spacial score (nSPS) is 14.0. The smallest absolute Gasteiger partial charge is 0.391 e. The van der Waals surface area contributed by atoms with Gasteiger partial charge >= 0.3 is 7.82 Å². The number of hydrogen-bond acceptors (Lipinski definition) is 5. The first kappa shape index (κ1) is 63.2. The van der Waals surface area contributed by atoms with Crippen LogP contribution in [0.15, 0.2) is 12.2 Å². The van der Waals surface area contributed by atoms with Crippen LogP contribution in [-0.2, 0) is 18.4 Å². The largest absolute Gasteiger partial charge is 0.472 e. The predicted octanol–water partition coefficient (Wildman–Crippen LogP) is 16.7. The fourth-order valence-electron chi connectivity index (χ4n) is 8.57. The molecule has 0 bridgehead atoms. The molecule has 0 aromatic rings. The summed E-state index contributed by atoms with van der Waals surface area (Å²) in [6.45, 7) is 4.89. The zero-order valence-corrected chi connectivity index (χ0v) is 44.4. The van der Waals surface area contributed by atoms with E-state index in [1.54, 1.807) is 0 Å². The summed E-state index contributed by atoms with van der Waals surface area (Å²) in [7, 11) is 1.62. The highest BCUT2D eigenvalue weighted by atomic mass is 31.2. The number of likely N-dealkylation sites (N-methyl/N-ethyl adjacent to an activating group) is 1. The highest BCUT2D eigenvalue weighted by Gasteiger charge is 2.28. The molecule has 3 atom stereocenters. The molecule has 382 valence electrons. The van der Waals surface area contributed by atoms with Crippen LogP contribution in [-0.4, -0.2) is 73.4 Å². The minimum absolute atomic E-state index is 0.0752. The first-order valence-electron chi connectivity index (χ1n) is 28.1. The molecular formula is C55H112N2O6P+. The molecule has 0 aromatic heterocycles. The van der Waals surface area contributed by atoms with Gasteiger partial charge in [0.25, 0.3) is 0 Å². The minimum atomic E-state index is -4.32. The molecule has 0 fully saturated rings. The molecule has 3 N–H and O–H groups in total. The lowest BCUT2D eigenvalue weighted by Crippen LogP contribution is -2.46. The molecule has 0 aliphatic rings. The summed E-state index contributed by atoms with van der Waals surface area (Å²) in [5, 5.41) is 14.0. The van der Waals surface area contributed by atoms with Crippen LogP contribution in [0, 0.1) is 0 Å². The number of allylic oxidation sites excluding steroid dienone is 2. The molecule has 0 aliphatic heterocycles. The van der Waals surface area contributed by atoms with Crippen molar-refractivity contribution in [2.75, 3.05) is 40.9 Å². The molecule has 0 heterocycles. The number of aliphatic hydroxyl groups excluding tert-OH is 1. The number of nitrogens with one attached hydrogen (secondary N) is 1. The highest BCUT2D eigenvalue weighted by molar-refractivity contribution is 7.47. The van der Waals surface area contributed by atoms with Gasteiger partial charge in [-0.05, 0) is 38.5 Å². The van der Waals surface area contributed by atoms with Crippen LogP contribution in [0.5, 0.6) is 0 Å². The van der Waals surface area contributed by atoms with Gasteiger partial charge in [0.2, 0.25) is 5.91 Å². The van der Waals surface area contributed by atoms with Crippen LogP contribution < -0.4 is 5.32 Å². The maximum Gasteiger partial charge on any atom is 0.472 e. The average Bonchev–Trinajstić information content (AvgIpc) is 3.25. The number of hydrogen-bond donors (Lipinski definition) is 3. The number of aliphatic hydroxyl groups is 1. The van der Waals surface area contributed by atoms with Crippen molar-refractivity contribution in [3.63, 3.8) is 0 Å². The maximum atomic E-state index is 12.9. The molecule has 0 radical (unpaired) electrons. The molecule has 0 spiro atoms. The Labute approximate surface area is 399 Å². The molecular weight excluding hydrogens is 816 g/mol. The van der Waals surface area contributed by atoms with Crippen molar-refractivity contribution < 1.29 is 32.9 Å². The van der Waals surface area contributed by atoms with E-state index in [-0.39, 0.29) is 19.1 Å². The van der Waals surface area contributed by atoms with Crippen molar-refractivity contribution >= 4 is 13.7 Å². The quantitative estimate of drug-likeness (QED) is 0.0243. The Kier molecular flexibility index (Phi) is 46.8. The third-order valence-corrected chi connectivity index (χ3v) is 14.0. The Morgan fingerprint density at radius 3 is 1.23 bits per heavy atom. The topological polar surface area (TPSA) is 105 Å². The second kappa shape index (κ2) is 47.3. The number of carbonyl (C=O) groups excluding carboxylic acids is 1. The van der Waals surface area contributed by atoms with E-state index in [1.165, 1.54) is 205 Å². The van der Waals surface area contributed by atoms with Gasteiger partial charge in [-0.15, -0.1) is 0 Å². The first-order valence-corrected chi connectivity index (χ1v) is 29.5. The lowest BCUT2D eigenvalue weighted by molar-refractivity contribution is -0.870. The van der Waals surface area contributed by atoms with E-state index >= 15 is 0 Å². The molecule has 9 heteroatoms. The van der Waals surface area contributed by atoms with E-state index in [9.17, 15) is 19.4 Å². The number of unbranched alkanes of at least 4 members (excludes halogenated alkanes) is 37. The third-order valence-electron chi connectivity index (χ3n) is 13.0. The molecule has 1 amide bonds. The molecule has 0 aromatic carbocycles. The molecule has 0 aliphatic carbocycles. The van der Waals surface area contributed by atoms with Gasteiger partial charge in [-0.25, -0.2) is 4.57 Å². The van der Waals surface area contributed by atoms with Gasteiger partial charge in [0, 0.05) is 6.42 Å². The van der Waals surface area contributed by atoms with Crippen molar-refractivity contribution in [1.29, 1.82) is 0 Å². The van der Waals surface area contributed by atoms with Crippen LogP contribution in [0.4, 0.5) is 0 Å². The fourth-order valence-corrected chi connectivity index (χ4v) is 9.31. The van der Waals surface area contributed by atoms with E-state index in [0.717, 1.165) is 51.4 Å². The first-order chi connectivity index (χ1) is 31.0. The van der Waals surface area contributed by atoms with Crippen LogP contribution in [0.2, 0.25) is 0 Å². The van der Waals surface area contributed by atoms with Crippen molar-refractivity contribution in [2.24, 2.45) is 0 Å². The van der Waals surface area contributed by atoms with Crippen molar-refractivity contribution in [2.45, 2.75) is 296 Å². The standard InChI is InChI=1S/C55H111N2O6P/c1-6-8-10-12-14-16-18-20-21-22-23-24-25-26-27-28-29-30-31-32-33-34-35-36-37-38-40-42-44-46-48-54(58)53(52-63-64(60,61)62-51-50-57(3,4)5)56-55(59)49-47-45-43-41-39-19-17-15-13-11-9-7-2/h15,17,53-54,58H,6-14,16,18-52H2,1-5H3,(H-,56,59,60,61)/p+1/b17-15-. The number of amides is 1. The van der Waals surface area contributed by atoms with Gasteiger partial charge in [-0.1, -0.05) is 251 Å². The summed E-state index contributed by atoms with van der Waals surface area (Å²) >= 11 is 0. The molecule has 64 heavy (non-hydrogen) atoms. The summed E-state index contributed by atoms with van der Waals surface area (Å²) in [5.74, 6) is -0.151. The Bertz CT molecular complexity index is 1050. The minimum Gasteiger partial charge on any atom is -0.391 e. The van der Waals surface area contributed by atoms with Gasteiger partial charge in [-0.3, -0.25) is 13.8 Å². The summed E-state index contributed by atoms with van der Waals surface area (Å²) in [5.41, 5.74) is 0. The Morgan fingerprint density at radius 1 is 0.516 bits per heavy atom. The molecule has 0 saturated carbocycles. The fraction of sp³-hybridized carbons (Fsp3) is 0.945. The predicted molar refractivity (Wildman–Crippen MR) is 277 cm³/mol. The second-order valence-corrected chi connectivity index (χ2v) is 22.1. The van der Waals surface area contributed by atoms with Crippen molar-refractivity contribution in [3.05, 3.63) is 12.2 Å². The highest BCUT2D eigenvalue weighted by Crippen LogP contribution is 2.43. The molecule has 3 unspecified atom stereocenters. The Hall–Kier alpha value is -0.760. The van der Waals surface area contributed by atoms with Gasteiger partial charge < -0.3 is 19.8 Å². The van der Waals surface area contributed by atoms with E-state index in [0.29, 0.717) is 23.9 Å². The maximum absolute atomic E-state index is 12.9. The zero-order chi connectivity index (χ0) is 47.1. The van der Waals surface area contributed by atoms with Crippen molar-refractivity contribution in [1.82, 2.24) is 5.32 Å². The SMILES string of the molecule is CCCCC/C=C\CCCCCCCC(=O)NC(COP(=O)(O)OCC[N+](C)(C)C)C(O)CCCCCCCCCCCCCCCCCCCCCCCCCCCCCCCC. The van der Waals surface area contributed by atoms with Crippen LogP contribution in [0.3, 0.4) is 0 Å². The summed E-state index contributed by atoms with van der Waals surface area (Å²) in [4.78, 5) is 23.2. The van der Waals surface area contributed by atoms with E-state index < -0.39 is 20.0 Å².